The standard InChI is InChI=1S/C6H6BrClN2/c1-3-4(7)2-10-6(8)5(3)9/h2H,9H2,1H3. The van der Waals surface area contributed by atoms with Crippen molar-refractivity contribution in [2.45, 2.75) is 6.92 Å². The summed E-state index contributed by atoms with van der Waals surface area (Å²) in [5, 5.41) is 0.362. The Morgan fingerprint density at radius 1 is 1.70 bits per heavy atom. The molecule has 1 aromatic heterocycles. The van der Waals surface area contributed by atoms with Gasteiger partial charge in [0.2, 0.25) is 0 Å². The molecular weight excluding hydrogens is 215 g/mol. The average Bonchev–Trinajstić information content (AvgIpc) is 1.93. The van der Waals surface area contributed by atoms with Crippen LogP contribution in [0.3, 0.4) is 0 Å². The van der Waals surface area contributed by atoms with Crippen molar-refractivity contribution in [1.82, 2.24) is 4.98 Å². The summed E-state index contributed by atoms with van der Waals surface area (Å²) in [5.74, 6) is 0. The highest BCUT2D eigenvalue weighted by molar-refractivity contribution is 9.10. The molecule has 1 heterocycles. The van der Waals surface area contributed by atoms with Gasteiger partial charge in [0, 0.05) is 10.7 Å². The van der Waals surface area contributed by atoms with Gasteiger partial charge in [0.05, 0.1) is 5.69 Å². The molecule has 1 rings (SSSR count). The van der Waals surface area contributed by atoms with Gasteiger partial charge in [-0.2, -0.15) is 0 Å². The fourth-order valence-corrected chi connectivity index (χ4v) is 1.07. The average molecular weight is 221 g/mol. The fourth-order valence-electron chi connectivity index (χ4n) is 0.563. The van der Waals surface area contributed by atoms with Crippen LogP contribution < -0.4 is 5.73 Å². The van der Waals surface area contributed by atoms with E-state index in [4.69, 9.17) is 17.3 Å². The first-order valence-electron chi connectivity index (χ1n) is 2.69. The van der Waals surface area contributed by atoms with Gasteiger partial charge in [0.15, 0.2) is 5.15 Å². The molecule has 0 saturated heterocycles. The van der Waals surface area contributed by atoms with Crippen molar-refractivity contribution in [2.75, 3.05) is 5.73 Å². The molecule has 10 heavy (non-hydrogen) atoms. The van der Waals surface area contributed by atoms with Crippen LogP contribution in [-0.2, 0) is 0 Å². The van der Waals surface area contributed by atoms with E-state index >= 15 is 0 Å². The van der Waals surface area contributed by atoms with Gasteiger partial charge >= 0.3 is 0 Å². The molecule has 0 atom stereocenters. The van der Waals surface area contributed by atoms with E-state index in [1.54, 1.807) is 6.20 Å². The zero-order valence-electron chi connectivity index (χ0n) is 5.36. The molecule has 0 unspecified atom stereocenters. The van der Waals surface area contributed by atoms with Crippen molar-refractivity contribution >= 4 is 33.2 Å². The van der Waals surface area contributed by atoms with Crippen LogP contribution in [0.5, 0.6) is 0 Å². The summed E-state index contributed by atoms with van der Waals surface area (Å²) >= 11 is 8.91. The lowest BCUT2D eigenvalue weighted by Crippen LogP contribution is -1.93. The highest BCUT2D eigenvalue weighted by Crippen LogP contribution is 2.25. The van der Waals surface area contributed by atoms with Crippen LogP contribution in [0.4, 0.5) is 5.69 Å². The van der Waals surface area contributed by atoms with E-state index in [-0.39, 0.29) is 0 Å². The third-order valence-corrected chi connectivity index (χ3v) is 2.38. The number of nitrogens with two attached hydrogens (primary N) is 1. The van der Waals surface area contributed by atoms with Crippen molar-refractivity contribution in [3.8, 4) is 0 Å². The van der Waals surface area contributed by atoms with E-state index in [0.717, 1.165) is 10.0 Å². The number of nitrogens with zero attached hydrogens (tertiary/aromatic N) is 1. The number of pyridine rings is 1. The van der Waals surface area contributed by atoms with Crippen LogP contribution in [0.15, 0.2) is 10.7 Å². The van der Waals surface area contributed by atoms with E-state index in [0.29, 0.717) is 10.8 Å². The van der Waals surface area contributed by atoms with Gasteiger partial charge in [-0.15, -0.1) is 0 Å². The molecule has 2 nitrogen and oxygen atoms in total. The Labute approximate surface area is 72.5 Å². The summed E-state index contributed by atoms with van der Waals surface area (Å²) in [6.45, 7) is 1.88. The Balaban J connectivity index is 3.34. The fraction of sp³-hybridized carbons (Fsp3) is 0.167. The summed E-state index contributed by atoms with van der Waals surface area (Å²) in [5.41, 5.74) is 7.03. The van der Waals surface area contributed by atoms with Crippen molar-refractivity contribution in [3.05, 3.63) is 21.4 Å². The van der Waals surface area contributed by atoms with Crippen LogP contribution in [0, 0.1) is 6.92 Å². The topological polar surface area (TPSA) is 38.9 Å². The maximum atomic E-state index is 5.63. The zero-order chi connectivity index (χ0) is 7.72. The maximum absolute atomic E-state index is 5.63. The first-order valence-corrected chi connectivity index (χ1v) is 3.86. The number of rotatable bonds is 0. The second-order valence-electron chi connectivity index (χ2n) is 1.94. The summed E-state index contributed by atoms with van der Waals surface area (Å²) in [4.78, 5) is 3.83. The Hall–Kier alpha value is -0.280. The lowest BCUT2D eigenvalue weighted by Gasteiger charge is -2.02. The third kappa shape index (κ3) is 1.25. The molecule has 0 bridgehead atoms. The molecule has 0 aliphatic heterocycles. The molecule has 0 radical (unpaired) electrons. The number of anilines is 1. The number of hydrogen-bond donors (Lipinski definition) is 1. The van der Waals surface area contributed by atoms with Gasteiger partial charge in [0.25, 0.3) is 0 Å². The molecular formula is C6H6BrClN2. The highest BCUT2D eigenvalue weighted by Gasteiger charge is 2.03. The van der Waals surface area contributed by atoms with E-state index < -0.39 is 0 Å². The van der Waals surface area contributed by atoms with Gasteiger partial charge in [-0.1, -0.05) is 11.6 Å². The first-order chi connectivity index (χ1) is 4.63. The zero-order valence-corrected chi connectivity index (χ0v) is 7.70. The smallest absolute Gasteiger partial charge is 0.152 e. The monoisotopic (exact) mass is 220 g/mol. The van der Waals surface area contributed by atoms with Crippen LogP contribution in [0.2, 0.25) is 5.15 Å². The second kappa shape index (κ2) is 2.76. The van der Waals surface area contributed by atoms with Crippen molar-refractivity contribution < 1.29 is 0 Å². The molecule has 2 N–H and O–H groups in total. The van der Waals surface area contributed by atoms with E-state index in [1.165, 1.54) is 0 Å². The molecule has 0 aliphatic carbocycles. The minimum Gasteiger partial charge on any atom is -0.396 e. The molecule has 54 valence electrons. The predicted octanol–water partition coefficient (Wildman–Crippen LogP) is 2.39. The predicted molar refractivity (Wildman–Crippen MR) is 46.1 cm³/mol. The summed E-state index contributed by atoms with van der Waals surface area (Å²) in [6.07, 6.45) is 1.63. The Kier molecular flexibility index (Phi) is 2.16. The minimum atomic E-state index is 0.362. The molecule has 1 aromatic rings. The number of hydrogen-bond acceptors (Lipinski definition) is 2. The van der Waals surface area contributed by atoms with E-state index in [9.17, 15) is 0 Å². The summed E-state index contributed by atoms with van der Waals surface area (Å²) < 4.78 is 0.884. The summed E-state index contributed by atoms with van der Waals surface area (Å²) in [7, 11) is 0. The number of aromatic nitrogens is 1. The first kappa shape index (κ1) is 7.82. The van der Waals surface area contributed by atoms with Crippen molar-refractivity contribution in [2.24, 2.45) is 0 Å². The van der Waals surface area contributed by atoms with Gasteiger partial charge < -0.3 is 5.73 Å². The quantitative estimate of drug-likeness (QED) is 0.683. The van der Waals surface area contributed by atoms with Crippen LogP contribution in [0.25, 0.3) is 0 Å². The molecule has 0 spiro atoms. The van der Waals surface area contributed by atoms with Gasteiger partial charge in [-0.25, -0.2) is 4.98 Å². The lowest BCUT2D eigenvalue weighted by molar-refractivity contribution is 1.27. The van der Waals surface area contributed by atoms with Crippen molar-refractivity contribution in [3.63, 3.8) is 0 Å². The molecule has 0 aromatic carbocycles. The Morgan fingerprint density at radius 3 is 2.80 bits per heavy atom. The maximum Gasteiger partial charge on any atom is 0.152 e. The van der Waals surface area contributed by atoms with E-state index in [1.807, 2.05) is 6.92 Å². The van der Waals surface area contributed by atoms with Crippen molar-refractivity contribution in [1.29, 1.82) is 0 Å². The molecule has 0 fully saturated rings. The largest absolute Gasteiger partial charge is 0.396 e. The Morgan fingerprint density at radius 2 is 2.30 bits per heavy atom. The van der Waals surface area contributed by atoms with E-state index in [2.05, 4.69) is 20.9 Å². The second-order valence-corrected chi connectivity index (χ2v) is 3.15. The molecule has 4 heteroatoms. The SMILES string of the molecule is Cc1c(Br)cnc(Cl)c1N. The van der Waals surface area contributed by atoms with Gasteiger partial charge in [-0.3, -0.25) is 0 Å². The molecule has 0 aliphatic rings. The van der Waals surface area contributed by atoms with Crippen LogP contribution in [-0.4, -0.2) is 4.98 Å². The highest BCUT2D eigenvalue weighted by atomic mass is 79.9. The molecule has 0 saturated carbocycles. The van der Waals surface area contributed by atoms with Crippen LogP contribution >= 0.6 is 27.5 Å². The number of nitrogen functional groups attached to an aromatic ring is 1. The summed E-state index contributed by atoms with van der Waals surface area (Å²) in [6, 6.07) is 0. The Bertz CT molecular complexity index is 235. The third-order valence-electron chi connectivity index (χ3n) is 1.28. The number of halogens is 2. The van der Waals surface area contributed by atoms with Gasteiger partial charge in [-0.05, 0) is 28.4 Å². The lowest BCUT2D eigenvalue weighted by atomic mass is 10.3. The van der Waals surface area contributed by atoms with Gasteiger partial charge in [0.1, 0.15) is 0 Å². The normalized spacial score (nSPS) is 9.90. The molecule has 0 amide bonds. The minimum absolute atomic E-state index is 0.362. The van der Waals surface area contributed by atoms with Crippen LogP contribution in [0.1, 0.15) is 5.56 Å².